The number of benzene rings is 2. The maximum atomic E-state index is 12.7. The smallest absolute Gasteiger partial charge is 0.335 e. The number of anilines is 1. The summed E-state index contributed by atoms with van der Waals surface area (Å²) in [6, 6.07) is 10.1. The molecule has 2 aromatic carbocycles. The summed E-state index contributed by atoms with van der Waals surface area (Å²) in [6.07, 6.45) is 0. The molecule has 0 saturated carbocycles. The molecule has 134 valence electrons. The van der Waals surface area contributed by atoms with Crippen LogP contribution in [0.2, 0.25) is 0 Å². The van der Waals surface area contributed by atoms with E-state index in [2.05, 4.69) is 4.72 Å². The second-order valence-corrected chi connectivity index (χ2v) is 6.62. The van der Waals surface area contributed by atoms with Crippen molar-refractivity contribution < 1.29 is 27.8 Å². The van der Waals surface area contributed by atoms with E-state index >= 15 is 0 Å². The highest BCUT2D eigenvalue weighted by molar-refractivity contribution is 7.92. The van der Waals surface area contributed by atoms with Gasteiger partial charge in [0.25, 0.3) is 10.0 Å². The molecule has 0 amide bonds. The summed E-state index contributed by atoms with van der Waals surface area (Å²) in [5, 5.41) is 9.02. The van der Waals surface area contributed by atoms with Gasteiger partial charge in [-0.3, -0.25) is 4.72 Å². The first kappa shape index (κ1) is 18.6. The van der Waals surface area contributed by atoms with Gasteiger partial charge in [0.1, 0.15) is 16.4 Å². The van der Waals surface area contributed by atoms with Crippen LogP contribution in [-0.4, -0.2) is 32.7 Å². The molecule has 0 aromatic heterocycles. The van der Waals surface area contributed by atoms with Crippen LogP contribution in [0, 0.1) is 0 Å². The molecule has 0 aliphatic heterocycles. The molecule has 0 radical (unpaired) electrons. The molecular formula is C17H19NO6S. The highest BCUT2D eigenvalue weighted by Gasteiger charge is 2.21. The lowest BCUT2D eigenvalue weighted by molar-refractivity contribution is 0.0697. The van der Waals surface area contributed by atoms with Crippen molar-refractivity contribution in [3.63, 3.8) is 0 Å². The highest BCUT2D eigenvalue weighted by atomic mass is 32.2. The van der Waals surface area contributed by atoms with Crippen molar-refractivity contribution in [3.05, 3.63) is 48.0 Å². The fraction of sp³-hybridized carbons (Fsp3) is 0.235. The van der Waals surface area contributed by atoms with Crippen LogP contribution in [0.15, 0.2) is 47.4 Å². The van der Waals surface area contributed by atoms with Crippen LogP contribution in [0.3, 0.4) is 0 Å². The van der Waals surface area contributed by atoms with Gasteiger partial charge in [0.2, 0.25) is 0 Å². The van der Waals surface area contributed by atoms with Crippen molar-refractivity contribution in [1.82, 2.24) is 0 Å². The van der Waals surface area contributed by atoms with Gasteiger partial charge < -0.3 is 14.6 Å². The molecule has 0 heterocycles. The number of nitrogens with one attached hydrogen (secondary N) is 1. The maximum Gasteiger partial charge on any atom is 0.335 e. The van der Waals surface area contributed by atoms with E-state index in [1.165, 1.54) is 36.4 Å². The summed E-state index contributed by atoms with van der Waals surface area (Å²) in [7, 11) is -4.00. The van der Waals surface area contributed by atoms with E-state index < -0.39 is 16.0 Å². The largest absolute Gasteiger partial charge is 0.494 e. The Morgan fingerprint density at radius 2 is 1.80 bits per heavy atom. The number of sulfonamides is 1. The summed E-state index contributed by atoms with van der Waals surface area (Å²) in [6.45, 7) is 4.23. The van der Waals surface area contributed by atoms with E-state index in [1.54, 1.807) is 19.9 Å². The van der Waals surface area contributed by atoms with Crippen LogP contribution in [0.25, 0.3) is 0 Å². The van der Waals surface area contributed by atoms with Gasteiger partial charge in [0, 0.05) is 11.8 Å². The van der Waals surface area contributed by atoms with E-state index in [0.29, 0.717) is 19.0 Å². The van der Waals surface area contributed by atoms with E-state index in [0.717, 1.165) is 0 Å². The predicted molar refractivity (Wildman–Crippen MR) is 93.0 cm³/mol. The van der Waals surface area contributed by atoms with Gasteiger partial charge in [-0.15, -0.1) is 0 Å². The molecule has 2 aromatic rings. The number of hydrogen-bond donors (Lipinski definition) is 2. The van der Waals surface area contributed by atoms with Crippen molar-refractivity contribution >= 4 is 21.7 Å². The molecule has 0 spiro atoms. The van der Waals surface area contributed by atoms with Crippen molar-refractivity contribution in [2.24, 2.45) is 0 Å². The minimum absolute atomic E-state index is 0.0201. The molecule has 0 saturated heterocycles. The lowest BCUT2D eigenvalue weighted by Crippen LogP contribution is -2.15. The average molecular weight is 365 g/mol. The summed E-state index contributed by atoms with van der Waals surface area (Å²) in [5.41, 5.74) is 0.123. The molecule has 0 aliphatic carbocycles. The number of aromatic carboxylic acids is 1. The van der Waals surface area contributed by atoms with Crippen LogP contribution < -0.4 is 14.2 Å². The summed E-state index contributed by atoms with van der Waals surface area (Å²) in [5.74, 6) is -0.562. The number of carboxylic acids is 1. The molecule has 0 aliphatic rings. The minimum Gasteiger partial charge on any atom is -0.494 e. The van der Waals surface area contributed by atoms with Gasteiger partial charge in [-0.1, -0.05) is 6.07 Å². The standard InChI is InChI=1S/C17H19NO6S/c1-3-23-14-8-9-15(24-4-2)16(11-14)25(21,22)18-13-7-5-6-12(10-13)17(19)20/h5-11,18H,3-4H2,1-2H3,(H,19,20). The Labute approximate surface area is 146 Å². The van der Waals surface area contributed by atoms with E-state index in [-0.39, 0.29) is 21.9 Å². The fourth-order valence-electron chi connectivity index (χ4n) is 2.16. The molecule has 2 rings (SSSR count). The van der Waals surface area contributed by atoms with Gasteiger partial charge in [-0.05, 0) is 44.2 Å². The number of rotatable bonds is 8. The Balaban J connectivity index is 2.42. The first-order valence-corrected chi connectivity index (χ1v) is 9.11. The zero-order chi connectivity index (χ0) is 18.4. The molecule has 0 bridgehead atoms. The number of ether oxygens (including phenoxy) is 2. The van der Waals surface area contributed by atoms with Crippen LogP contribution in [0.4, 0.5) is 5.69 Å². The van der Waals surface area contributed by atoms with Crippen molar-refractivity contribution in [1.29, 1.82) is 0 Å². The Morgan fingerprint density at radius 3 is 2.44 bits per heavy atom. The van der Waals surface area contributed by atoms with Gasteiger partial charge in [0.15, 0.2) is 0 Å². The summed E-state index contributed by atoms with van der Waals surface area (Å²) < 4.78 is 38.6. The molecule has 7 nitrogen and oxygen atoms in total. The molecule has 8 heteroatoms. The Hall–Kier alpha value is -2.74. The zero-order valence-electron chi connectivity index (χ0n) is 13.9. The number of carbonyl (C=O) groups is 1. The Morgan fingerprint density at radius 1 is 1.08 bits per heavy atom. The zero-order valence-corrected chi connectivity index (χ0v) is 14.7. The summed E-state index contributed by atoms with van der Waals surface area (Å²) >= 11 is 0. The third-order valence-electron chi connectivity index (χ3n) is 3.18. The quantitative estimate of drug-likeness (QED) is 0.746. The SMILES string of the molecule is CCOc1ccc(OCC)c(S(=O)(=O)Nc2cccc(C(=O)O)c2)c1. The Bertz CT molecular complexity index is 863. The number of carboxylic acid groups (broad SMARTS) is 1. The van der Waals surface area contributed by atoms with Crippen LogP contribution in [0.1, 0.15) is 24.2 Å². The monoisotopic (exact) mass is 365 g/mol. The first-order chi connectivity index (χ1) is 11.9. The second kappa shape index (κ2) is 7.89. The van der Waals surface area contributed by atoms with Gasteiger partial charge in [-0.25, -0.2) is 13.2 Å². The lowest BCUT2D eigenvalue weighted by atomic mass is 10.2. The van der Waals surface area contributed by atoms with Gasteiger partial charge in [0.05, 0.1) is 18.8 Å². The minimum atomic E-state index is -4.00. The molecule has 2 N–H and O–H groups in total. The Kier molecular flexibility index (Phi) is 5.87. The molecular weight excluding hydrogens is 346 g/mol. The fourth-order valence-corrected chi connectivity index (χ4v) is 3.37. The van der Waals surface area contributed by atoms with Crippen molar-refractivity contribution in [2.75, 3.05) is 17.9 Å². The van der Waals surface area contributed by atoms with Crippen LogP contribution in [0.5, 0.6) is 11.5 Å². The van der Waals surface area contributed by atoms with E-state index in [4.69, 9.17) is 14.6 Å². The molecule has 0 fully saturated rings. The van der Waals surface area contributed by atoms with Gasteiger partial charge in [-0.2, -0.15) is 0 Å². The van der Waals surface area contributed by atoms with Crippen LogP contribution >= 0.6 is 0 Å². The van der Waals surface area contributed by atoms with Crippen molar-refractivity contribution in [3.8, 4) is 11.5 Å². The van der Waals surface area contributed by atoms with Gasteiger partial charge >= 0.3 is 5.97 Å². The average Bonchev–Trinajstić information content (AvgIpc) is 2.56. The third-order valence-corrected chi connectivity index (χ3v) is 4.58. The summed E-state index contributed by atoms with van der Waals surface area (Å²) in [4.78, 5) is 10.9. The third kappa shape index (κ3) is 4.63. The maximum absolute atomic E-state index is 12.7. The van der Waals surface area contributed by atoms with Crippen LogP contribution in [-0.2, 0) is 10.0 Å². The number of hydrogen-bond acceptors (Lipinski definition) is 5. The first-order valence-electron chi connectivity index (χ1n) is 7.63. The van der Waals surface area contributed by atoms with E-state index in [9.17, 15) is 13.2 Å². The normalized spacial score (nSPS) is 11.0. The molecule has 0 atom stereocenters. The predicted octanol–water partition coefficient (Wildman–Crippen LogP) is 2.98. The van der Waals surface area contributed by atoms with E-state index in [1.807, 2.05) is 0 Å². The van der Waals surface area contributed by atoms with Crippen molar-refractivity contribution in [2.45, 2.75) is 18.7 Å². The molecule has 25 heavy (non-hydrogen) atoms. The second-order valence-electron chi connectivity index (χ2n) is 4.97. The lowest BCUT2D eigenvalue weighted by Gasteiger charge is -2.14. The molecule has 0 unspecified atom stereocenters. The topological polar surface area (TPSA) is 102 Å². The highest BCUT2D eigenvalue weighted by Crippen LogP contribution is 2.30.